The summed E-state index contributed by atoms with van der Waals surface area (Å²) in [5.74, 6) is 0.687. The molecule has 0 radical (unpaired) electrons. The van der Waals surface area contributed by atoms with Crippen molar-refractivity contribution < 1.29 is 14.3 Å². The maximum atomic E-state index is 11.5. The fourth-order valence-electron chi connectivity index (χ4n) is 1.52. The standard InChI is InChI=1S/C13H18O3S/c1-5-12(13(14)16-4)17-10-6-7-11(15-3)9(2)8-10/h6-8,12H,5H2,1-4H3. The molecule has 0 amide bonds. The van der Waals surface area contributed by atoms with Crippen molar-refractivity contribution in [1.82, 2.24) is 0 Å². The first-order valence-electron chi connectivity index (χ1n) is 5.51. The average molecular weight is 254 g/mol. The van der Waals surface area contributed by atoms with Gasteiger partial charge in [-0.2, -0.15) is 0 Å². The van der Waals surface area contributed by atoms with Crippen LogP contribution in [0.2, 0.25) is 0 Å². The predicted octanol–water partition coefficient (Wildman–Crippen LogP) is 3.05. The molecule has 94 valence electrons. The van der Waals surface area contributed by atoms with E-state index in [0.29, 0.717) is 0 Å². The summed E-state index contributed by atoms with van der Waals surface area (Å²) in [6, 6.07) is 5.90. The highest BCUT2D eigenvalue weighted by atomic mass is 32.2. The first-order chi connectivity index (χ1) is 8.12. The Balaban J connectivity index is 2.80. The Kier molecular flexibility index (Phi) is 5.35. The van der Waals surface area contributed by atoms with E-state index in [4.69, 9.17) is 9.47 Å². The number of hydrogen-bond acceptors (Lipinski definition) is 4. The first-order valence-corrected chi connectivity index (χ1v) is 6.39. The molecular formula is C13H18O3S. The van der Waals surface area contributed by atoms with Crippen LogP contribution in [0.3, 0.4) is 0 Å². The number of aryl methyl sites for hydroxylation is 1. The molecule has 1 aromatic carbocycles. The third kappa shape index (κ3) is 3.66. The number of thioether (sulfide) groups is 1. The largest absolute Gasteiger partial charge is 0.496 e. The van der Waals surface area contributed by atoms with Crippen molar-refractivity contribution in [3.63, 3.8) is 0 Å². The fourth-order valence-corrected chi connectivity index (χ4v) is 2.60. The van der Waals surface area contributed by atoms with Gasteiger partial charge in [-0.3, -0.25) is 4.79 Å². The van der Waals surface area contributed by atoms with Crippen LogP contribution >= 0.6 is 11.8 Å². The Labute approximate surface area is 106 Å². The van der Waals surface area contributed by atoms with Crippen LogP contribution in [-0.2, 0) is 9.53 Å². The van der Waals surface area contributed by atoms with Gasteiger partial charge in [0.15, 0.2) is 0 Å². The molecular weight excluding hydrogens is 236 g/mol. The van der Waals surface area contributed by atoms with Gasteiger partial charge in [-0.25, -0.2) is 0 Å². The Morgan fingerprint density at radius 3 is 2.59 bits per heavy atom. The zero-order valence-electron chi connectivity index (χ0n) is 10.6. The second-order valence-corrected chi connectivity index (χ2v) is 4.95. The monoisotopic (exact) mass is 254 g/mol. The molecule has 0 spiro atoms. The van der Waals surface area contributed by atoms with Crippen LogP contribution in [0, 0.1) is 6.92 Å². The van der Waals surface area contributed by atoms with Crippen LogP contribution in [0.4, 0.5) is 0 Å². The van der Waals surface area contributed by atoms with Gasteiger partial charge in [0.1, 0.15) is 11.0 Å². The zero-order chi connectivity index (χ0) is 12.8. The van der Waals surface area contributed by atoms with Crippen molar-refractivity contribution in [3.05, 3.63) is 23.8 Å². The summed E-state index contributed by atoms with van der Waals surface area (Å²) in [4.78, 5) is 12.5. The van der Waals surface area contributed by atoms with Gasteiger partial charge in [0, 0.05) is 4.90 Å². The van der Waals surface area contributed by atoms with Crippen LogP contribution in [0.5, 0.6) is 5.75 Å². The van der Waals surface area contributed by atoms with E-state index < -0.39 is 0 Å². The molecule has 3 nitrogen and oxygen atoms in total. The van der Waals surface area contributed by atoms with Crippen LogP contribution in [0.15, 0.2) is 23.1 Å². The summed E-state index contributed by atoms with van der Waals surface area (Å²) < 4.78 is 9.97. The lowest BCUT2D eigenvalue weighted by atomic mass is 10.2. The number of rotatable bonds is 5. The molecule has 1 atom stereocenters. The molecule has 0 aliphatic carbocycles. The van der Waals surface area contributed by atoms with E-state index in [9.17, 15) is 4.79 Å². The second kappa shape index (κ2) is 6.55. The van der Waals surface area contributed by atoms with E-state index in [2.05, 4.69) is 0 Å². The van der Waals surface area contributed by atoms with Gasteiger partial charge in [-0.05, 0) is 37.1 Å². The van der Waals surface area contributed by atoms with E-state index in [1.54, 1.807) is 7.11 Å². The van der Waals surface area contributed by atoms with Gasteiger partial charge >= 0.3 is 5.97 Å². The SMILES string of the molecule is CCC(Sc1ccc(OC)c(C)c1)C(=O)OC. The molecule has 4 heteroatoms. The van der Waals surface area contributed by atoms with Gasteiger partial charge in [0.2, 0.25) is 0 Å². The molecule has 0 heterocycles. The molecule has 0 aliphatic heterocycles. The van der Waals surface area contributed by atoms with Gasteiger partial charge in [0.25, 0.3) is 0 Å². The van der Waals surface area contributed by atoms with Crippen molar-refractivity contribution >= 4 is 17.7 Å². The summed E-state index contributed by atoms with van der Waals surface area (Å²) >= 11 is 1.52. The van der Waals surface area contributed by atoms with Crippen LogP contribution < -0.4 is 4.74 Å². The minimum Gasteiger partial charge on any atom is -0.496 e. The molecule has 0 bridgehead atoms. The number of benzene rings is 1. The van der Waals surface area contributed by atoms with Crippen LogP contribution in [0.25, 0.3) is 0 Å². The lowest BCUT2D eigenvalue weighted by molar-refractivity contribution is -0.140. The average Bonchev–Trinajstić information content (AvgIpc) is 2.35. The molecule has 0 aliphatic rings. The predicted molar refractivity (Wildman–Crippen MR) is 69.7 cm³/mol. The van der Waals surface area contributed by atoms with E-state index >= 15 is 0 Å². The van der Waals surface area contributed by atoms with Gasteiger partial charge in [-0.15, -0.1) is 11.8 Å². The minimum atomic E-state index is -0.175. The van der Waals surface area contributed by atoms with Crippen LogP contribution in [0.1, 0.15) is 18.9 Å². The summed E-state index contributed by atoms with van der Waals surface area (Å²) in [7, 11) is 3.07. The Morgan fingerprint density at radius 2 is 2.12 bits per heavy atom. The number of hydrogen-bond donors (Lipinski definition) is 0. The summed E-state index contributed by atoms with van der Waals surface area (Å²) in [5, 5.41) is -0.146. The molecule has 0 N–H and O–H groups in total. The van der Waals surface area contributed by atoms with Crippen LogP contribution in [-0.4, -0.2) is 25.4 Å². The number of methoxy groups -OCH3 is 2. The van der Waals surface area contributed by atoms with Gasteiger partial charge in [-0.1, -0.05) is 6.92 Å². The molecule has 0 saturated carbocycles. The summed E-state index contributed by atoms with van der Waals surface area (Å²) in [5.41, 5.74) is 1.07. The fraction of sp³-hybridized carbons (Fsp3) is 0.462. The Bertz CT molecular complexity index is 390. The Hall–Kier alpha value is -1.16. The Morgan fingerprint density at radius 1 is 1.41 bits per heavy atom. The summed E-state index contributed by atoms with van der Waals surface area (Å²) in [6.07, 6.45) is 0.752. The van der Waals surface area contributed by atoms with Crippen molar-refractivity contribution in [2.75, 3.05) is 14.2 Å². The molecule has 0 fully saturated rings. The zero-order valence-corrected chi connectivity index (χ0v) is 11.5. The second-order valence-electron chi connectivity index (χ2n) is 3.67. The lowest BCUT2D eigenvalue weighted by Gasteiger charge is -2.13. The normalized spacial score (nSPS) is 12.0. The molecule has 1 unspecified atom stereocenters. The maximum absolute atomic E-state index is 11.5. The number of ether oxygens (including phenoxy) is 2. The highest BCUT2D eigenvalue weighted by molar-refractivity contribution is 8.00. The minimum absolute atomic E-state index is 0.146. The smallest absolute Gasteiger partial charge is 0.319 e. The third-order valence-corrected chi connectivity index (χ3v) is 3.82. The molecule has 0 saturated heterocycles. The molecule has 1 rings (SSSR count). The van der Waals surface area contributed by atoms with Gasteiger partial charge in [0.05, 0.1) is 14.2 Å². The van der Waals surface area contributed by atoms with E-state index in [1.807, 2.05) is 32.0 Å². The molecule has 0 aromatic heterocycles. The lowest BCUT2D eigenvalue weighted by Crippen LogP contribution is -2.17. The maximum Gasteiger partial charge on any atom is 0.319 e. The highest BCUT2D eigenvalue weighted by Gasteiger charge is 2.18. The third-order valence-electron chi connectivity index (χ3n) is 2.48. The van der Waals surface area contributed by atoms with E-state index in [0.717, 1.165) is 22.6 Å². The number of esters is 1. The number of carbonyl (C=O) groups excluding carboxylic acids is 1. The van der Waals surface area contributed by atoms with Crippen molar-refractivity contribution in [2.45, 2.75) is 30.4 Å². The number of carbonyl (C=O) groups is 1. The van der Waals surface area contributed by atoms with Crippen molar-refractivity contribution in [1.29, 1.82) is 0 Å². The summed E-state index contributed by atoms with van der Waals surface area (Å²) in [6.45, 7) is 3.97. The molecule has 17 heavy (non-hydrogen) atoms. The highest BCUT2D eigenvalue weighted by Crippen LogP contribution is 2.30. The first kappa shape index (κ1) is 13.9. The van der Waals surface area contributed by atoms with Crippen molar-refractivity contribution in [3.8, 4) is 5.75 Å². The van der Waals surface area contributed by atoms with E-state index in [1.165, 1.54) is 18.9 Å². The van der Waals surface area contributed by atoms with Crippen molar-refractivity contribution in [2.24, 2.45) is 0 Å². The quantitative estimate of drug-likeness (QED) is 0.597. The molecule has 1 aromatic rings. The van der Waals surface area contributed by atoms with E-state index in [-0.39, 0.29) is 11.2 Å². The van der Waals surface area contributed by atoms with Gasteiger partial charge < -0.3 is 9.47 Å². The topological polar surface area (TPSA) is 35.5 Å².